The number of hydrogen-bond acceptors (Lipinski definition) is 3. The van der Waals surface area contributed by atoms with E-state index >= 15 is 0 Å². The molecule has 6 heteroatoms. The van der Waals surface area contributed by atoms with Crippen LogP contribution in [0.5, 0.6) is 0 Å². The zero-order chi connectivity index (χ0) is 13.8. The number of aromatic nitrogens is 1. The predicted octanol–water partition coefficient (Wildman–Crippen LogP) is 3.22. The monoisotopic (exact) mass is 408 g/mol. The molecule has 1 saturated heterocycles. The van der Waals surface area contributed by atoms with Gasteiger partial charge < -0.3 is 10.6 Å². The second-order valence-electron chi connectivity index (χ2n) is 5.60. The summed E-state index contributed by atoms with van der Waals surface area (Å²) in [5, 5.41) is 3.24. The third-order valence-electron chi connectivity index (χ3n) is 3.69. The molecule has 1 atom stereocenters. The van der Waals surface area contributed by atoms with Crippen molar-refractivity contribution < 1.29 is 0 Å². The lowest BCUT2D eigenvalue weighted by molar-refractivity contribution is 0.277. The van der Waals surface area contributed by atoms with Crippen LogP contribution in [-0.4, -0.2) is 35.5 Å². The Balaban J connectivity index is 0.00000200. The van der Waals surface area contributed by atoms with Crippen LogP contribution >= 0.6 is 35.3 Å². The molecule has 0 aromatic carbocycles. The zero-order valence-electron chi connectivity index (χ0n) is 12.5. The Kier molecular flexibility index (Phi) is 7.22. The van der Waals surface area contributed by atoms with Gasteiger partial charge in [0.15, 0.2) is 5.96 Å². The number of guanidine groups is 1. The largest absolute Gasteiger partial charge is 0.370 e. The van der Waals surface area contributed by atoms with Crippen LogP contribution < -0.4 is 5.73 Å². The van der Waals surface area contributed by atoms with Crippen LogP contribution in [-0.2, 0) is 0 Å². The highest BCUT2D eigenvalue weighted by molar-refractivity contribution is 14.0. The molecule has 1 aromatic heterocycles. The van der Waals surface area contributed by atoms with E-state index in [-0.39, 0.29) is 24.0 Å². The topological polar surface area (TPSA) is 54.5 Å². The third-order valence-corrected chi connectivity index (χ3v) is 4.89. The Labute approximate surface area is 142 Å². The summed E-state index contributed by atoms with van der Waals surface area (Å²) in [5.74, 6) is 1.87. The summed E-state index contributed by atoms with van der Waals surface area (Å²) >= 11 is 1.71. The molecule has 4 nitrogen and oxygen atoms in total. The first-order valence-corrected chi connectivity index (χ1v) is 7.91. The van der Waals surface area contributed by atoms with Crippen molar-refractivity contribution in [1.29, 1.82) is 0 Å². The molecule has 2 heterocycles. The van der Waals surface area contributed by atoms with Crippen LogP contribution in [0, 0.1) is 12.8 Å². The minimum atomic E-state index is 0. The first kappa shape index (κ1) is 17.7. The maximum absolute atomic E-state index is 6.08. The smallest absolute Gasteiger partial charge is 0.191 e. The van der Waals surface area contributed by atoms with Crippen LogP contribution in [0.1, 0.15) is 43.3 Å². The quantitative estimate of drug-likeness (QED) is 0.475. The van der Waals surface area contributed by atoms with Gasteiger partial charge in [-0.15, -0.1) is 35.3 Å². The standard InChI is InChI=1S/C14H24N4S.HI/c1-10-4-6-18(7-5-10)14(15)16-8-11(2)13-17-12(3)9-19-13;/h9-11H,4-8H2,1-3H3,(H2,15,16);1H. The van der Waals surface area contributed by atoms with Gasteiger partial charge in [0.2, 0.25) is 0 Å². The van der Waals surface area contributed by atoms with Gasteiger partial charge in [-0.25, -0.2) is 4.98 Å². The summed E-state index contributed by atoms with van der Waals surface area (Å²) < 4.78 is 0. The molecular formula is C14H25IN4S. The molecule has 114 valence electrons. The number of thiazole rings is 1. The Morgan fingerprint density at radius 2 is 2.20 bits per heavy atom. The Morgan fingerprint density at radius 3 is 2.75 bits per heavy atom. The van der Waals surface area contributed by atoms with Crippen molar-refractivity contribution in [2.45, 2.75) is 39.5 Å². The van der Waals surface area contributed by atoms with Gasteiger partial charge in [-0.1, -0.05) is 13.8 Å². The first-order chi connectivity index (χ1) is 9.06. The summed E-state index contributed by atoms with van der Waals surface area (Å²) in [6.07, 6.45) is 2.44. The number of nitrogens with two attached hydrogens (primary N) is 1. The van der Waals surface area contributed by atoms with Gasteiger partial charge >= 0.3 is 0 Å². The van der Waals surface area contributed by atoms with E-state index in [1.54, 1.807) is 11.3 Å². The summed E-state index contributed by atoms with van der Waals surface area (Å²) in [6, 6.07) is 0. The maximum Gasteiger partial charge on any atom is 0.191 e. The number of hydrogen-bond donors (Lipinski definition) is 1. The average Bonchev–Trinajstić information content (AvgIpc) is 2.83. The molecule has 0 aliphatic carbocycles. The summed E-state index contributed by atoms with van der Waals surface area (Å²) in [6.45, 7) is 9.30. The van der Waals surface area contributed by atoms with Crippen LogP contribution in [0.4, 0.5) is 0 Å². The van der Waals surface area contributed by atoms with Gasteiger partial charge in [0.05, 0.1) is 11.6 Å². The number of nitrogens with zero attached hydrogens (tertiary/aromatic N) is 3. The van der Waals surface area contributed by atoms with Crippen molar-refractivity contribution in [3.05, 3.63) is 16.1 Å². The van der Waals surface area contributed by atoms with Crippen LogP contribution in [0.25, 0.3) is 0 Å². The second kappa shape index (κ2) is 8.17. The lowest BCUT2D eigenvalue weighted by Crippen LogP contribution is -2.42. The number of aryl methyl sites for hydroxylation is 1. The molecule has 1 unspecified atom stereocenters. The van der Waals surface area contributed by atoms with E-state index in [4.69, 9.17) is 5.73 Å². The van der Waals surface area contributed by atoms with Crippen molar-refractivity contribution in [3.8, 4) is 0 Å². The fourth-order valence-corrected chi connectivity index (χ4v) is 3.09. The molecule has 0 spiro atoms. The highest BCUT2D eigenvalue weighted by Crippen LogP contribution is 2.20. The van der Waals surface area contributed by atoms with E-state index in [2.05, 4.69) is 34.1 Å². The lowest BCUT2D eigenvalue weighted by Gasteiger charge is -2.31. The van der Waals surface area contributed by atoms with Gasteiger partial charge in [0.1, 0.15) is 0 Å². The average molecular weight is 408 g/mol. The molecular weight excluding hydrogens is 383 g/mol. The van der Waals surface area contributed by atoms with Crippen molar-refractivity contribution >= 4 is 41.3 Å². The summed E-state index contributed by atoms with van der Waals surface area (Å²) in [5.41, 5.74) is 7.18. The highest BCUT2D eigenvalue weighted by atomic mass is 127. The fraction of sp³-hybridized carbons (Fsp3) is 0.714. The zero-order valence-corrected chi connectivity index (χ0v) is 15.6. The predicted molar refractivity (Wildman–Crippen MR) is 97.1 cm³/mol. The molecule has 2 rings (SSSR count). The minimum Gasteiger partial charge on any atom is -0.370 e. The number of aliphatic imine (C=N–C) groups is 1. The Bertz CT molecular complexity index is 438. The highest BCUT2D eigenvalue weighted by Gasteiger charge is 2.17. The molecule has 0 amide bonds. The molecule has 20 heavy (non-hydrogen) atoms. The fourth-order valence-electron chi connectivity index (χ4n) is 2.24. The van der Waals surface area contributed by atoms with Gasteiger partial charge in [0.25, 0.3) is 0 Å². The molecule has 0 radical (unpaired) electrons. The molecule has 1 fully saturated rings. The second-order valence-corrected chi connectivity index (χ2v) is 6.49. The van der Waals surface area contributed by atoms with Gasteiger partial charge in [-0.2, -0.15) is 0 Å². The van der Waals surface area contributed by atoms with E-state index in [0.29, 0.717) is 11.9 Å². The van der Waals surface area contributed by atoms with Crippen molar-refractivity contribution in [3.63, 3.8) is 0 Å². The summed E-state index contributed by atoms with van der Waals surface area (Å²) in [7, 11) is 0. The minimum absolute atomic E-state index is 0. The van der Waals surface area contributed by atoms with Crippen molar-refractivity contribution in [2.75, 3.05) is 19.6 Å². The molecule has 1 aliphatic rings. The van der Waals surface area contributed by atoms with Crippen LogP contribution in [0.2, 0.25) is 0 Å². The number of piperidine rings is 1. The van der Waals surface area contributed by atoms with E-state index in [9.17, 15) is 0 Å². The summed E-state index contributed by atoms with van der Waals surface area (Å²) in [4.78, 5) is 11.3. The molecule has 1 aliphatic heterocycles. The number of halogens is 1. The molecule has 1 aromatic rings. The molecule has 2 N–H and O–H groups in total. The van der Waals surface area contributed by atoms with E-state index in [1.165, 1.54) is 12.8 Å². The molecule has 0 bridgehead atoms. The van der Waals surface area contributed by atoms with Gasteiger partial charge in [-0.3, -0.25) is 4.99 Å². The van der Waals surface area contributed by atoms with Crippen LogP contribution in [0.3, 0.4) is 0 Å². The van der Waals surface area contributed by atoms with E-state index < -0.39 is 0 Å². The van der Waals surface area contributed by atoms with E-state index in [1.807, 2.05) is 6.92 Å². The number of rotatable bonds is 3. The molecule has 0 saturated carbocycles. The first-order valence-electron chi connectivity index (χ1n) is 7.03. The van der Waals surface area contributed by atoms with Crippen LogP contribution in [0.15, 0.2) is 10.4 Å². The van der Waals surface area contributed by atoms with Crippen molar-refractivity contribution in [1.82, 2.24) is 9.88 Å². The Hall–Kier alpha value is -0.370. The third kappa shape index (κ3) is 4.87. The van der Waals surface area contributed by atoms with Crippen molar-refractivity contribution in [2.24, 2.45) is 16.6 Å². The van der Waals surface area contributed by atoms with Gasteiger partial charge in [-0.05, 0) is 25.7 Å². The van der Waals surface area contributed by atoms with E-state index in [0.717, 1.165) is 36.3 Å². The normalized spacial score (nSPS) is 18.8. The SMILES string of the molecule is Cc1csc(C(C)CN=C(N)N2CCC(C)CC2)n1.I. The number of likely N-dealkylation sites (tertiary alicyclic amines) is 1. The maximum atomic E-state index is 6.08. The Morgan fingerprint density at radius 1 is 1.55 bits per heavy atom. The van der Waals surface area contributed by atoms with Gasteiger partial charge in [0, 0.05) is 30.1 Å². The lowest BCUT2D eigenvalue weighted by atomic mass is 10.00.